The molecule has 108 valence electrons. The topological polar surface area (TPSA) is 31.1 Å². The Morgan fingerprint density at radius 3 is 2.75 bits per heavy atom. The van der Waals surface area contributed by atoms with E-state index < -0.39 is 0 Å². The van der Waals surface area contributed by atoms with Crippen LogP contribution >= 0.6 is 0 Å². The van der Waals surface area contributed by atoms with Crippen LogP contribution in [0.15, 0.2) is 30.5 Å². The van der Waals surface area contributed by atoms with E-state index in [1.165, 1.54) is 42.1 Å². The minimum absolute atomic E-state index is 0.373. The molecular weight excluding hydrogens is 246 g/mol. The molecule has 0 aliphatic heterocycles. The first kappa shape index (κ1) is 13.7. The summed E-state index contributed by atoms with van der Waals surface area (Å²) in [4.78, 5) is 5.66. The number of likely N-dealkylation sites (N-methyl/N-ethyl adjacent to an activating group) is 1. The second-order valence-electron chi connectivity index (χ2n) is 6.33. The van der Waals surface area contributed by atoms with Crippen molar-refractivity contribution in [1.82, 2.24) is 15.2 Å². The van der Waals surface area contributed by atoms with Crippen LogP contribution in [-0.2, 0) is 6.54 Å². The van der Waals surface area contributed by atoms with Crippen molar-refractivity contribution in [1.29, 1.82) is 0 Å². The van der Waals surface area contributed by atoms with Crippen molar-refractivity contribution in [2.45, 2.75) is 37.8 Å². The molecule has 0 unspecified atom stereocenters. The molecule has 20 heavy (non-hydrogen) atoms. The van der Waals surface area contributed by atoms with Crippen molar-refractivity contribution < 1.29 is 0 Å². The highest BCUT2D eigenvalue weighted by Crippen LogP contribution is 2.33. The Balaban J connectivity index is 1.61. The Kier molecular flexibility index (Phi) is 3.81. The van der Waals surface area contributed by atoms with Crippen LogP contribution in [0.3, 0.4) is 0 Å². The maximum absolute atomic E-state index is 3.67. The van der Waals surface area contributed by atoms with E-state index in [0.717, 1.165) is 13.1 Å². The monoisotopic (exact) mass is 271 g/mol. The van der Waals surface area contributed by atoms with Gasteiger partial charge in [-0.25, -0.2) is 0 Å². The second kappa shape index (κ2) is 5.58. The number of hydrogen-bond acceptors (Lipinski definition) is 2. The van der Waals surface area contributed by atoms with Gasteiger partial charge in [-0.3, -0.25) is 0 Å². The van der Waals surface area contributed by atoms with E-state index in [4.69, 9.17) is 0 Å². The number of nitrogens with zero attached hydrogens (tertiary/aromatic N) is 1. The number of H-pyrrole nitrogens is 1. The number of fused-ring (bicyclic) bond motifs is 1. The lowest BCUT2D eigenvalue weighted by Crippen LogP contribution is -2.49. The van der Waals surface area contributed by atoms with Crippen molar-refractivity contribution in [2.24, 2.45) is 0 Å². The molecule has 1 aromatic heterocycles. The quantitative estimate of drug-likeness (QED) is 0.875. The highest BCUT2D eigenvalue weighted by molar-refractivity contribution is 5.79. The number of rotatable bonds is 5. The smallest absolute Gasteiger partial charge is 0.0454 e. The SMILES string of the molecule is CN(C)C1(CNCc2ccc3[nH]ccc3c2)CCCC1. The first-order valence-electron chi connectivity index (χ1n) is 7.64. The zero-order chi connectivity index (χ0) is 14.0. The van der Waals surface area contributed by atoms with Gasteiger partial charge in [0.25, 0.3) is 0 Å². The van der Waals surface area contributed by atoms with Gasteiger partial charge in [-0.1, -0.05) is 18.9 Å². The Morgan fingerprint density at radius 2 is 2.00 bits per heavy atom. The highest BCUT2D eigenvalue weighted by Gasteiger charge is 2.35. The first-order valence-corrected chi connectivity index (χ1v) is 7.64. The van der Waals surface area contributed by atoms with Crippen LogP contribution in [-0.4, -0.2) is 36.1 Å². The van der Waals surface area contributed by atoms with Gasteiger partial charge in [0.1, 0.15) is 0 Å². The van der Waals surface area contributed by atoms with Crippen molar-refractivity contribution in [3.8, 4) is 0 Å². The van der Waals surface area contributed by atoms with E-state index in [0.29, 0.717) is 5.54 Å². The number of benzene rings is 1. The van der Waals surface area contributed by atoms with Gasteiger partial charge in [-0.05, 0) is 56.1 Å². The summed E-state index contributed by atoms with van der Waals surface area (Å²) in [6, 6.07) is 8.79. The molecule has 1 heterocycles. The maximum Gasteiger partial charge on any atom is 0.0454 e. The normalized spacial score (nSPS) is 18.1. The molecule has 0 atom stereocenters. The third kappa shape index (κ3) is 2.60. The summed E-state index contributed by atoms with van der Waals surface area (Å²) < 4.78 is 0. The summed E-state index contributed by atoms with van der Waals surface area (Å²) in [6.07, 6.45) is 7.39. The molecule has 1 aliphatic carbocycles. The van der Waals surface area contributed by atoms with Crippen molar-refractivity contribution in [3.05, 3.63) is 36.0 Å². The molecule has 2 aromatic rings. The molecular formula is C17H25N3. The molecule has 3 rings (SSSR count). The Morgan fingerprint density at radius 1 is 1.20 bits per heavy atom. The van der Waals surface area contributed by atoms with Crippen LogP contribution in [0.5, 0.6) is 0 Å². The zero-order valence-corrected chi connectivity index (χ0v) is 12.6. The summed E-state index contributed by atoms with van der Waals surface area (Å²) in [5.74, 6) is 0. The average molecular weight is 271 g/mol. The van der Waals surface area contributed by atoms with Crippen LogP contribution < -0.4 is 5.32 Å². The Labute approximate surface area is 121 Å². The molecule has 2 N–H and O–H groups in total. The van der Waals surface area contributed by atoms with Crippen LogP contribution in [0.4, 0.5) is 0 Å². The lowest BCUT2D eigenvalue weighted by molar-refractivity contribution is 0.153. The lowest BCUT2D eigenvalue weighted by Gasteiger charge is -2.36. The van der Waals surface area contributed by atoms with Gasteiger partial charge in [0.2, 0.25) is 0 Å². The third-order valence-electron chi connectivity index (χ3n) is 4.88. The van der Waals surface area contributed by atoms with Crippen LogP contribution in [0.25, 0.3) is 10.9 Å². The fourth-order valence-electron chi connectivity index (χ4n) is 3.47. The van der Waals surface area contributed by atoms with Crippen molar-refractivity contribution >= 4 is 10.9 Å². The fourth-order valence-corrected chi connectivity index (χ4v) is 3.47. The highest BCUT2D eigenvalue weighted by atomic mass is 15.2. The largest absolute Gasteiger partial charge is 0.361 e. The molecule has 0 amide bonds. The standard InChI is InChI=1S/C17H25N3/c1-20(2)17(8-3-4-9-17)13-18-12-14-5-6-16-15(11-14)7-10-19-16/h5-7,10-11,18-19H,3-4,8-9,12-13H2,1-2H3. The second-order valence-corrected chi connectivity index (χ2v) is 6.33. The molecule has 0 radical (unpaired) electrons. The maximum atomic E-state index is 3.67. The Hall–Kier alpha value is -1.32. The van der Waals surface area contributed by atoms with Crippen LogP contribution in [0.2, 0.25) is 0 Å². The molecule has 1 saturated carbocycles. The summed E-state index contributed by atoms with van der Waals surface area (Å²) in [5.41, 5.74) is 2.95. The van der Waals surface area contributed by atoms with Crippen molar-refractivity contribution in [2.75, 3.05) is 20.6 Å². The molecule has 0 spiro atoms. The molecule has 3 heteroatoms. The van der Waals surface area contributed by atoms with E-state index in [1.807, 2.05) is 6.20 Å². The van der Waals surface area contributed by atoms with Gasteiger partial charge in [0, 0.05) is 30.3 Å². The van der Waals surface area contributed by atoms with Gasteiger partial charge in [0.15, 0.2) is 0 Å². The van der Waals surface area contributed by atoms with Gasteiger partial charge in [0.05, 0.1) is 0 Å². The zero-order valence-electron chi connectivity index (χ0n) is 12.6. The lowest BCUT2D eigenvalue weighted by atomic mass is 9.96. The molecule has 0 saturated heterocycles. The number of hydrogen-bond donors (Lipinski definition) is 2. The fraction of sp³-hybridized carbons (Fsp3) is 0.529. The third-order valence-corrected chi connectivity index (χ3v) is 4.88. The van der Waals surface area contributed by atoms with Gasteiger partial charge in [-0.2, -0.15) is 0 Å². The Bertz CT molecular complexity index is 564. The molecule has 1 aromatic carbocycles. The van der Waals surface area contributed by atoms with E-state index in [9.17, 15) is 0 Å². The average Bonchev–Trinajstić information content (AvgIpc) is 3.07. The van der Waals surface area contributed by atoms with Gasteiger partial charge >= 0.3 is 0 Å². The summed E-state index contributed by atoms with van der Waals surface area (Å²) in [5, 5.41) is 4.97. The summed E-state index contributed by atoms with van der Waals surface area (Å²) in [6.45, 7) is 2.04. The molecule has 1 fully saturated rings. The van der Waals surface area contributed by atoms with Gasteiger partial charge in [-0.15, -0.1) is 0 Å². The molecule has 1 aliphatic rings. The van der Waals surface area contributed by atoms with E-state index in [1.54, 1.807) is 0 Å². The minimum atomic E-state index is 0.373. The molecule has 3 nitrogen and oxygen atoms in total. The van der Waals surface area contributed by atoms with Crippen molar-refractivity contribution in [3.63, 3.8) is 0 Å². The van der Waals surface area contributed by atoms with Crippen LogP contribution in [0.1, 0.15) is 31.2 Å². The van der Waals surface area contributed by atoms with E-state index in [-0.39, 0.29) is 0 Å². The summed E-state index contributed by atoms with van der Waals surface area (Å²) >= 11 is 0. The predicted molar refractivity (Wildman–Crippen MR) is 84.9 cm³/mol. The number of aromatic nitrogens is 1. The predicted octanol–water partition coefficient (Wildman–Crippen LogP) is 3.13. The first-order chi connectivity index (χ1) is 9.70. The van der Waals surface area contributed by atoms with E-state index in [2.05, 4.69) is 53.6 Å². The minimum Gasteiger partial charge on any atom is -0.361 e. The summed E-state index contributed by atoms with van der Waals surface area (Å²) in [7, 11) is 4.44. The van der Waals surface area contributed by atoms with Gasteiger partial charge < -0.3 is 15.2 Å². The van der Waals surface area contributed by atoms with E-state index >= 15 is 0 Å². The number of nitrogens with one attached hydrogen (secondary N) is 2. The molecule has 0 bridgehead atoms. The van der Waals surface area contributed by atoms with Crippen LogP contribution in [0, 0.1) is 0 Å². The number of aromatic amines is 1.